The molecule has 0 spiro atoms. The van der Waals surface area contributed by atoms with Gasteiger partial charge in [-0.05, 0) is 11.6 Å². The lowest BCUT2D eigenvalue weighted by Gasteiger charge is -2.28. The fraction of sp³-hybridized carbons (Fsp3) is 0.333. The van der Waals surface area contributed by atoms with E-state index in [4.69, 9.17) is 22.1 Å². The number of halogens is 4. The quantitative estimate of drug-likeness (QED) is 0.598. The van der Waals surface area contributed by atoms with Gasteiger partial charge in [0.1, 0.15) is 5.52 Å². The Kier molecular flexibility index (Phi) is 4.70. The van der Waals surface area contributed by atoms with Gasteiger partial charge >= 0.3 is 6.18 Å². The molecule has 0 atom stereocenters. The third-order valence-electron chi connectivity index (χ3n) is 4.13. The molecule has 0 aliphatic carbocycles. The molecule has 3 aromatic heterocycles. The third-order valence-corrected chi connectivity index (χ3v) is 4.31. The molecular formula is C15H12ClF3N8O2. The second-order valence-corrected chi connectivity index (χ2v) is 6.37. The maximum atomic E-state index is 13.6. The first-order valence-electron chi connectivity index (χ1n) is 8.24. The summed E-state index contributed by atoms with van der Waals surface area (Å²) in [4.78, 5) is 35.1. The van der Waals surface area contributed by atoms with Gasteiger partial charge in [-0.2, -0.15) is 18.2 Å². The van der Waals surface area contributed by atoms with Crippen molar-refractivity contribution in [2.45, 2.75) is 6.18 Å². The fourth-order valence-corrected chi connectivity index (χ4v) is 3.03. The predicted octanol–water partition coefficient (Wildman–Crippen LogP) is 1.42. The van der Waals surface area contributed by atoms with E-state index in [1.165, 1.54) is 0 Å². The topological polar surface area (TPSA) is 136 Å². The number of anilines is 1. The van der Waals surface area contributed by atoms with Crippen molar-refractivity contribution in [3.05, 3.63) is 23.0 Å². The normalized spacial score (nSPS) is 15.1. The minimum absolute atomic E-state index is 0.0114. The SMILES string of the molecule is NC(=O)c1ncc(-c2nc(N3CCOCC3)c3[nH]c(Cl)nc3n2)c(C(F)(F)F)n1. The van der Waals surface area contributed by atoms with E-state index >= 15 is 0 Å². The Balaban J connectivity index is 1.93. The summed E-state index contributed by atoms with van der Waals surface area (Å²) in [5.41, 5.74) is 3.56. The molecule has 0 aromatic carbocycles. The molecule has 1 saturated heterocycles. The second kappa shape index (κ2) is 7.08. The summed E-state index contributed by atoms with van der Waals surface area (Å²) in [7, 11) is 0. The zero-order valence-corrected chi connectivity index (χ0v) is 15.3. The maximum Gasteiger partial charge on any atom is 0.434 e. The van der Waals surface area contributed by atoms with Gasteiger partial charge in [0.15, 0.2) is 23.0 Å². The Hall–Kier alpha value is -3.06. The molecule has 1 amide bonds. The van der Waals surface area contributed by atoms with Gasteiger partial charge in [0.05, 0.1) is 18.8 Å². The number of imidazole rings is 1. The first-order chi connectivity index (χ1) is 13.7. The van der Waals surface area contributed by atoms with Crippen LogP contribution in [0.15, 0.2) is 6.20 Å². The van der Waals surface area contributed by atoms with Crippen LogP contribution < -0.4 is 10.6 Å². The van der Waals surface area contributed by atoms with Crippen molar-refractivity contribution in [3.8, 4) is 11.4 Å². The van der Waals surface area contributed by atoms with E-state index in [1.54, 1.807) is 0 Å². The van der Waals surface area contributed by atoms with E-state index in [9.17, 15) is 18.0 Å². The number of amides is 1. The highest BCUT2D eigenvalue weighted by molar-refractivity contribution is 6.29. The second-order valence-electron chi connectivity index (χ2n) is 6.01. The van der Waals surface area contributed by atoms with Crippen molar-refractivity contribution in [1.29, 1.82) is 0 Å². The van der Waals surface area contributed by atoms with Crippen LogP contribution in [-0.4, -0.2) is 62.1 Å². The van der Waals surface area contributed by atoms with E-state index in [0.717, 1.165) is 6.20 Å². The largest absolute Gasteiger partial charge is 0.434 e. The number of fused-ring (bicyclic) bond motifs is 1. The molecule has 10 nitrogen and oxygen atoms in total. The van der Waals surface area contributed by atoms with Crippen LogP contribution in [0.5, 0.6) is 0 Å². The molecule has 1 fully saturated rings. The monoisotopic (exact) mass is 428 g/mol. The van der Waals surface area contributed by atoms with Gasteiger partial charge in [-0.3, -0.25) is 4.79 Å². The number of aromatic nitrogens is 6. The van der Waals surface area contributed by atoms with Crippen LogP contribution in [0.25, 0.3) is 22.6 Å². The van der Waals surface area contributed by atoms with Crippen LogP contribution in [0.3, 0.4) is 0 Å². The Morgan fingerprint density at radius 2 is 1.93 bits per heavy atom. The van der Waals surface area contributed by atoms with Crippen molar-refractivity contribution in [2.75, 3.05) is 31.2 Å². The van der Waals surface area contributed by atoms with E-state index in [2.05, 4.69) is 29.9 Å². The van der Waals surface area contributed by atoms with Crippen molar-refractivity contribution in [3.63, 3.8) is 0 Å². The van der Waals surface area contributed by atoms with Crippen molar-refractivity contribution >= 4 is 34.5 Å². The first kappa shape index (κ1) is 19.3. The molecule has 4 heterocycles. The standard InChI is InChI=1S/C15H12ClF3N8O2/c16-14-22-7-11(26-14)24-10(25-13(7)27-1-3-29-4-2-27)6-5-21-12(9(20)28)23-8(6)15(17,18)19/h5H,1-4H2,(H2,20,28)(H,22,24,25,26). The average Bonchev–Trinajstić information content (AvgIpc) is 3.06. The number of carbonyl (C=O) groups excluding carboxylic acids is 1. The van der Waals surface area contributed by atoms with Crippen LogP contribution in [-0.2, 0) is 10.9 Å². The molecule has 1 aliphatic rings. The number of alkyl halides is 3. The minimum Gasteiger partial charge on any atom is -0.378 e. The molecule has 29 heavy (non-hydrogen) atoms. The van der Waals surface area contributed by atoms with Gasteiger partial charge in [-0.1, -0.05) is 0 Å². The lowest BCUT2D eigenvalue weighted by atomic mass is 10.2. The number of carbonyl (C=O) groups is 1. The van der Waals surface area contributed by atoms with Gasteiger partial charge in [0.25, 0.3) is 5.91 Å². The zero-order chi connectivity index (χ0) is 20.8. The lowest BCUT2D eigenvalue weighted by molar-refractivity contribution is -0.140. The Labute approximate surface area is 165 Å². The van der Waals surface area contributed by atoms with Gasteiger partial charge < -0.3 is 20.4 Å². The molecular weight excluding hydrogens is 417 g/mol. The zero-order valence-electron chi connectivity index (χ0n) is 14.5. The van der Waals surface area contributed by atoms with Gasteiger partial charge in [-0.25, -0.2) is 19.9 Å². The van der Waals surface area contributed by atoms with Crippen molar-refractivity contribution in [2.24, 2.45) is 5.73 Å². The van der Waals surface area contributed by atoms with E-state index in [0.29, 0.717) is 37.6 Å². The number of nitrogens with zero attached hydrogens (tertiary/aromatic N) is 6. The lowest BCUT2D eigenvalue weighted by Crippen LogP contribution is -2.37. The van der Waals surface area contributed by atoms with Crippen LogP contribution in [0.1, 0.15) is 16.3 Å². The third kappa shape index (κ3) is 3.65. The summed E-state index contributed by atoms with van der Waals surface area (Å²) in [6, 6.07) is 0. The van der Waals surface area contributed by atoms with E-state index in [-0.39, 0.29) is 16.8 Å². The highest BCUT2D eigenvalue weighted by Gasteiger charge is 2.38. The van der Waals surface area contributed by atoms with Crippen LogP contribution in [0.4, 0.5) is 19.0 Å². The van der Waals surface area contributed by atoms with Crippen molar-refractivity contribution in [1.82, 2.24) is 29.9 Å². The highest BCUT2D eigenvalue weighted by Crippen LogP contribution is 2.36. The van der Waals surface area contributed by atoms with Gasteiger partial charge in [0.2, 0.25) is 11.1 Å². The molecule has 4 rings (SSSR count). The Bertz CT molecular complexity index is 1100. The highest BCUT2D eigenvalue weighted by atomic mass is 35.5. The summed E-state index contributed by atoms with van der Waals surface area (Å²) >= 11 is 5.92. The maximum absolute atomic E-state index is 13.6. The van der Waals surface area contributed by atoms with Crippen molar-refractivity contribution < 1.29 is 22.7 Å². The number of aromatic amines is 1. The number of morpholine rings is 1. The minimum atomic E-state index is -4.90. The summed E-state index contributed by atoms with van der Waals surface area (Å²) in [5.74, 6) is -1.95. The molecule has 0 unspecified atom stereocenters. The Morgan fingerprint density at radius 3 is 2.59 bits per heavy atom. The first-order valence-corrected chi connectivity index (χ1v) is 8.62. The molecule has 152 valence electrons. The number of primary amides is 1. The Morgan fingerprint density at radius 1 is 1.21 bits per heavy atom. The fourth-order valence-electron chi connectivity index (χ4n) is 2.86. The van der Waals surface area contributed by atoms with E-state index in [1.807, 2.05) is 4.90 Å². The summed E-state index contributed by atoms with van der Waals surface area (Å²) in [6.07, 6.45) is -4.09. The summed E-state index contributed by atoms with van der Waals surface area (Å²) in [6.45, 7) is 1.77. The molecule has 3 aromatic rings. The van der Waals surface area contributed by atoms with Crippen LogP contribution >= 0.6 is 11.6 Å². The number of nitrogens with two attached hydrogens (primary N) is 1. The number of hydrogen-bond acceptors (Lipinski definition) is 8. The number of nitrogens with one attached hydrogen (secondary N) is 1. The van der Waals surface area contributed by atoms with E-state index < -0.39 is 29.2 Å². The predicted molar refractivity (Wildman–Crippen MR) is 94.3 cm³/mol. The van der Waals surface area contributed by atoms with Crippen LogP contribution in [0, 0.1) is 0 Å². The number of hydrogen-bond donors (Lipinski definition) is 2. The molecule has 0 saturated carbocycles. The molecule has 0 bridgehead atoms. The van der Waals surface area contributed by atoms with Gasteiger partial charge in [-0.15, -0.1) is 0 Å². The molecule has 3 N–H and O–H groups in total. The summed E-state index contributed by atoms with van der Waals surface area (Å²) in [5, 5.41) is 0.0114. The van der Waals surface area contributed by atoms with Gasteiger partial charge in [0, 0.05) is 19.3 Å². The molecule has 1 aliphatic heterocycles. The summed E-state index contributed by atoms with van der Waals surface area (Å²) < 4.78 is 46.1. The number of rotatable bonds is 3. The number of H-pyrrole nitrogens is 1. The molecule has 0 radical (unpaired) electrons. The smallest absolute Gasteiger partial charge is 0.378 e. The molecule has 14 heteroatoms. The number of ether oxygens (including phenoxy) is 1. The average molecular weight is 429 g/mol. The van der Waals surface area contributed by atoms with Crippen LogP contribution in [0.2, 0.25) is 5.28 Å².